The lowest BCUT2D eigenvalue weighted by atomic mass is 10.1. The van der Waals surface area contributed by atoms with Crippen LogP contribution in [0.1, 0.15) is 70.5 Å². The van der Waals surface area contributed by atoms with Crippen LogP contribution in [0.5, 0.6) is 0 Å². The first kappa shape index (κ1) is 22.8. The van der Waals surface area contributed by atoms with Gasteiger partial charge in [-0.15, -0.1) is 0 Å². The SMILES string of the molecule is CCC[C@H](C)c1nc(N2CCCN(C(=O)C3CCCC3)CC2)c2cnn(-c3ccccc3)c2n1. The minimum absolute atomic E-state index is 0.239. The van der Waals surface area contributed by atoms with Crippen molar-refractivity contribution in [3.63, 3.8) is 0 Å². The van der Waals surface area contributed by atoms with Crippen LogP contribution in [0.4, 0.5) is 5.82 Å². The summed E-state index contributed by atoms with van der Waals surface area (Å²) < 4.78 is 1.93. The predicted molar refractivity (Wildman–Crippen MR) is 135 cm³/mol. The molecule has 0 N–H and O–H groups in total. The molecule has 1 aromatic carbocycles. The van der Waals surface area contributed by atoms with Gasteiger partial charge < -0.3 is 9.80 Å². The highest BCUT2D eigenvalue weighted by Crippen LogP contribution is 2.31. The molecule has 1 saturated carbocycles. The minimum Gasteiger partial charge on any atom is -0.354 e. The molecule has 5 rings (SSSR count). The zero-order valence-corrected chi connectivity index (χ0v) is 20.5. The summed E-state index contributed by atoms with van der Waals surface area (Å²) in [5, 5.41) is 5.69. The third-order valence-electron chi connectivity index (χ3n) is 7.40. The van der Waals surface area contributed by atoms with E-state index in [1.165, 1.54) is 12.8 Å². The maximum Gasteiger partial charge on any atom is 0.225 e. The summed E-state index contributed by atoms with van der Waals surface area (Å²) in [5.74, 6) is 2.72. The van der Waals surface area contributed by atoms with E-state index < -0.39 is 0 Å². The largest absolute Gasteiger partial charge is 0.354 e. The number of fused-ring (bicyclic) bond motifs is 1. The van der Waals surface area contributed by atoms with E-state index >= 15 is 0 Å². The van der Waals surface area contributed by atoms with Gasteiger partial charge >= 0.3 is 0 Å². The zero-order valence-electron chi connectivity index (χ0n) is 20.5. The Bertz CT molecular complexity index is 1120. The lowest BCUT2D eigenvalue weighted by Gasteiger charge is -2.25. The van der Waals surface area contributed by atoms with Gasteiger partial charge in [-0.3, -0.25) is 4.79 Å². The van der Waals surface area contributed by atoms with Gasteiger partial charge in [0, 0.05) is 38.0 Å². The quantitative estimate of drug-likeness (QED) is 0.521. The molecule has 1 atom stereocenters. The highest BCUT2D eigenvalue weighted by atomic mass is 16.2. The van der Waals surface area contributed by atoms with Crippen LogP contribution in [0.2, 0.25) is 0 Å². The van der Waals surface area contributed by atoms with Crippen LogP contribution in [0.15, 0.2) is 36.5 Å². The molecule has 2 fully saturated rings. The highest BCUT2D eigenvalue weighted by molar-refractivity contribution is 5.88. The first-order chi connectivity index (χ1) is 16.7. The average Bonchev–Trinajstić information content (AvgIpc) is 3.49. The molecule has 180 valence electrons. The molecule has 1 saturated heterocycles. The molecule has 2 aromatic heterocycles. The average molecular weight is 461 g/mol. The number of amides is 1. The molecule has 1 amide bonds. The van der Waals surface area contributed by atoms with Crippen LogP contribution in [0.3, 0.4) is 0 Å². The summed E-state index contributed by atoms with van der Waals surface area (Å²) >= 11 is 0. The predicted octanol–water partition coefficient (Wildman–Crippen LogP) is 4.95. The van der Waals surface area contributed by atoms with E-state index in [4.69, 9.17) is 15.1 Å². The number of carbonyl (C=O) groups excluding carboxylic acids is 1. The molecule has 3 heterocycles. The molecule has 0 unspecified atom stereocenters. The van der Waals surface area contributed by atoms with E-state index in [0.29, 0.717) is 5.91 Å². The maximum atomic E-state index is 13.1. The van der Waals surface area contributed by atoms with Crippen molar-refractivity contribution in [1.82, 2.24) is 24.6 Å². The van der Waals surface area contributed by atoms with E-state index in [1.54, 1.807) is 0 Å². The topological polar surface area (TPSA) is 67.2 Å². The molecular formula is C27H36N6O. The molecule has 2 aliphatic rings. The minimum atomic E-state index is 0.239. The first-order valence-corrected chi connectivity index (χ1v) is 13.0. The lowest BCUT2D eigenvalue weighted by Crippen LogP contribution is -2.38. The normalized spacial score (nSPS) is 18.4. The van der Waals surface area contributed by atoms with Gasteiger partial charge in [0.2, 0.25) is 5.91 Å². The molecule has 34 heavy (non-hydrogen) atoms. The molecule has 1 aliphatic carbocycles. The van der Waals surface area contributed by atoms with Gasteiger partial charge in [0.1, 0.15) is 11.6 Å². The van der Waals surface area contributed by atoms with Crippen molar-refractivity contribution < 1.29 is 4.79 Å². The van der Waals surface area contributed by atoms with Crippen molar-refractivity contribution >= 4 is 22.8 Å². The van der Waals surface area contributed by atoms with Crippen molar-refractivity contribution in [2.24, 2.45) is 5.92 Å². The fourth-order valence-electron chi connectivity index (χ4n) is 5.47. The Morgan fingerprint density at radius 3 is 2.59 bits per heavy atom. The van der Waals surface area contributed by atoms with Crippen molar-refractivity contribution in [3.8, 4) is 5.69 Å². The number of carbonyl (C=O) groups is 1. The van der Waals surface area contributed by atoms with Crippen LogP contribution >= 0.6 is 0 Å². The zero-order chi connectivity index (χ0) is 23.5. The second-order valence-electron chi connectivity index (χ2n) is 9.87. The number of benzene rings is 1. The third kappa shape index (κ3) is 4.52. The number of para-hydroxylation sites is 1. The van der Waals surface area contributed by atoms with Crippen LogP contribution in [-0.2, 0) is 4.79 Å². The second kappa shape index (κ2) is 10.1. The third-order valence-corrected chi connectivity index (χ3v) is 7.40. The number of hydrogen-bond donors (Lipinski definition) is 0. The maximum absolute atomic E-state index is 13.1. The Morgan fingerprint density at radius 2 is 1.82 bits per heavy atom. The molecular weight excluding hydrogens is 424 g/mol. The van der Waals surface area contributed by atoms with Gasteiger partial charge in [-0.05, 0) is 37.8 Å². The molecule has 0 radical (unpaired) electrons. The van der Waals surface area contributed by atoms with Crippen molar-refractivity contribution in [1.29, 1.82) is 0 Å². The Balaban J connectivity index is 1.48. The second-order valence-corrected chi connectivity index (χ2v) is 9.87. The van der Waals surface area contributed by atoms with Gasteiger partial charge in [0.15, 0.2) is 5.65 Å². The van der Waals surface area contributed by atoms with Gasteiger partial charge in [-0.1, -0.05) is 51.3 Å². The van der Waals surface area contributed by atoms with Crippen LogP contribution < -0.4 is 4.90 Å². The van der Waals surface area contributed by atoms with E-state index in [0.717, 1.165) is 86.6 Å². The first-order valence-electron chi connectivity index (χ1n) is 13.0. The summed E-state index contributed by atoms with van der Waals surface area (Å²) in [6, 6.07) is 10.2. The molecule has 7 heteroatoms. The van der Waals surface area contributed by atoms with Crippen LogP contribution in [0.25, 0.3) is 16.7 Å². The van der Waals surface area contributed by atoms with Gasteiger partial charge in [0.25, 0.3) is 0 Å². The fraction of sp³-hybridized carbons (Fsp3) is 0.556. The highest BCUT2D eigenvalue weighted by Gasteiger charge is 2.29. The van der Waals surface area contributed by atoms with E-state index in [9.17, 15) is 4.79 Å². The Morgan fingerprint density at radius 1 is 1.03 bits per heavy atom. The van der Waals surface area contributed by atoms with Gasteiger partial charge in [-0.25, -0.2) is 14.6 Å². The number of hydrogen-bond acceptors (Lipinski definition) is 5. The van der Waals surface area contributed by atoms with E-state index in [-0.39, 0.29) is 11.8 Å². The number of nitrogens with zero attached hydrogens (tertiary/aromatic N) is 6. The molecule has 7 nitrogen and oxygen atoms in total. The van der Waals surface area contributed by atoms with Crippen molar-refractivity contribution in [3.05, 3.63) is 42.4 Å². The van der Waals surface area contributed by atoms with Gasteiger partial charge in [0.05, 0.1) is 17.3 Å². The smallest absolute Gasteiger partial charge is 0.225 e. The summed E-state index contributed by atoms with van der Waals surface area (Å²) in [5.41, 5.74) is 1.86. The lowest BCUT2D eigenvalue weighted by molar-refractivity contribution is -0.135. The summed E-state index contributed by atoms with van der Waals surface area (Å²) in [4.78, 5) is 27.6. The summed E-state index contributed by atoms with van der Waals surface area (Å²) in [6.07, 6.45) is 9.51. The number of anilines is 1. The Hall–Kier alpha value is -2.96. The van der Waals surface area contributed by atoms with Crippen molar-refractivity contribution in [2.45, 2.75) is 64.7 Å². The van der Waals surface area contributed by atoms with Crippen LogP contribution in [0, 0.1) is 5.92 Å². The molecule has 3 aromatic rings. The molecule has 0 bridgehead atoms. The van der Waals surface area contributed by atoms with E-state index in [1.807, 2.05) is 29.1 Å². The number of aromatic nitrogens is 4. The standard InChI is InChI=1S/C27H36N6O/c1-3-10-20(2)24-29-25(23-19-28-33(26(23)30-24)22-13-5-4-6-14-22)31-15-9-16-32(18-17-31)27(34)21-11-7-8-12-21/h4-6,13-14,19-21H,3,7-12,15-18H2,1-2H3/t20-/m0/s1. The van der Waals surface area contributed by atoms with E-state index in [2.05, 4.69) is 35.8 Å². The van der Waals surface area contributed by atoms with Crippen LogP contribution in [-0.4, -0.2) is 56.7 Å². The summed E-state index contributed by atoms with van der Waals surface area (Å²) in [6.45, 7) is 7.69. The Labute approximate surface area is 202 Å². The number of rotatable bonds is 6. The monoisotopic (exact) mass is 460 g/mol. The molecule has 0 spiro atoms. The molecule has 1 aliphatic heterocycles. The van der Waals surface area contributed by atoms with Gasteiger partial charge in [-0.2, -0.15) is 5.10 Å². The Kier molecular flexibility index (Phi) is 6.79. The summed E-state index contributed by atoms with van der Waals surface area (Å²) in [7, 11) is 0. The fourth-order valence-corrected chi connectivity index (χ4v) is 5.47. The van der Waals surface area contributed by atoms with Crippen molar-refractivity contribution in [2.75, 3.05) is 31.1 Å².